The molecule has 0 saturated heterocycles. The number of hydrogen-bond acceptors (Lipinski definition) is 7. The lowest BCUT2D eigenvalue weighted by molar-refractivity contribution is -0.155. The van der Waals surface area contributed by atoms with E-state index in [2.05, 4.69) is 9.97 Å². The van der Waals surface area contributed by atoms with Gasteiger partial charge in [-0.1, -0.05) is 0 Å². The van der Waals surface area contributed by atoms with Crippen molar-refractivity contribution < 1.29 is 19.1 Å². The van der Waals surface area contributed by atoms with Crippen LogP contribution in [0.1, 0.15) is 49.6 Å². The van der Waals surface area contributed by atoms with E-state index in [4.69, 9.17) is 4.74 Å². The zero-order chi connectivity index (χ0) is 21.2. The minimum absolute atomic E-state index is 0.0731. The SMILES string of the molecule is CC(=O)N1C=C(c2cnc(C)nc2C(=O)N(C)C)N(CC(=O)OC(C)(C)C)C1. The predicted octanol–water partition coefficient (Wildman–Crippen LogP) is 1.25. The molecule has 9 heteroatoms. The van der Waals surface area contributed by atoms with Crippen molar-refractivity contribution in [3.63, 3.8) is 0 Å². The molecule has 0 fully saturated rings. The molecule has 0 aromatic carbocycles. The number of carbonyl (C=O) groups excluding carboxylic acids is 3. The zero-order valence-corrected chi connectivity index (χ0v) is 17.4. The molecule has 0 aliphatic carbocycles. The molecular formula is C19H27N5O4. The average molecular weight is 389 g/mol. The smallest absolute Gasteiger partial charge is 0.326 e. The van der Waals surface area contributed by atoms with E-state index in [0.717, 1.165) is 0 Å². The summed E-state index contributed by atoms with van der Waals surface area (Å²) in [6.07, 6.45) is 3.14. The van der Waals surface area contributed by atoms with Crippen molar-refractivity contribution in [3.8, 4) is 0 Å². The van der Waals surface area contributed by atoms with Gasteiger partial charge in [0.2, 0.25) is 5.91 Å². The predicted molar refractivity (Wildman–Crippen MR) is 103 cm³/mol. The van der Waals surface area contributed by atoms with Crippen LogP contribution in [-0.2, 0) is 14.3 Å². The van der Waals surface area contributed by atoms with E-state index in [0.29, 0.717) is 17.1 Å². The Morgan fingerprint density at radius 3 is 2.43 bits per heavy atom. The number of hydrogen-bond donors (Lipinski definition) is 0. The molecule has 0 bridgehead atoms. The van der Waals surface area contributed by atoms with Crippen molar-refractivity contribution in [1.82, 2.24) is 24.7 Å². The number of aryl methyl sites for hydroxylation is 1. The Bertz CT molecular complexity index is 826. The minimum Gasteiger partial charge on any atom is -0.459 e. The summed E-state index contributed by atoms with van der Waals surface area (Å²) in [5.41, 5.74) is 0.561. The number of esters is 1. The Morgan fingerprint density at radius 2 is 1.89 bits per heavy atom. The first-order valence-electron chi connectivity index (χ1n) is 8.90. The molecule has 1 aliphatic rings. The number of ether oxygens (including phenoxy) is 1. The van der Waals surface area contributed by atoms with Gasteiger partial charge in [0, 0.05) is 39.0 Å². The van der Waals surface area contributed by atoms with Gasteiger partial charge in [-0.2, -0.15) is 0 Å². The Kier molecular flexibility index (Phi) is 6.06. The first-order chi connectivity index (χ1) is 12.9. The highest BCUT2D eigenvalue weighted by Crippen LogP contribution is 2.28. The van der Waals surface area contributed by atoms with E-state index >= 15 is 0 Å². The molecule has 0 unspecified atom stereocenters. The number of amides is 2. The van der Waals surface area contributed by atoms with E-state index in [1.807, 2.05) is 0 Å². The van der Waals surface area contributed by atoms with Crippen molar-refractivity contribution in [1.29, 1.82) is 0 Å². The van der Waals surface area contributed by atoms with Crippen LogP contribution in [0.5, 0.6) is 0 Å². The summed E-state index contributed by atoms with van der Waals surface area (Å²) in [5.74, 6) is -0.454. The quantitative estimate of drug-likeness (QED) is 0.715. The molecule has 9 nitrogen and oxygen atoms in total. The van der Waals surface area contributed by atoms with E-state index in [1.54, 1.807) is 52.9 Å². The van der Waals surface area contributed by atoms with Gasteiger partial charge in [-0.05, 0) is 27.7 Å². The van der Waals surface area contributed by atoms with Crippen LogP contribution < -0.4 is 0 Å². The van der Waals surface area contributed by atoms with Crippen molar-refractivity contribution in [3.05, 3.63) is 29.5 Å². The molecule has 2 rings (SSSR count). The Labute approximate surface area is 165 Å². The van der Waals surface area contributed by atoms with Crippen LogP contribution in [0.25, 0.3) is 5.70 Å². The Morgan fingerprint density at radius 1 is 1.25 bits per heavy atom. The fourth-order valence-corrected chi connectivity index (χ4v) is 2.66. The lowest BCUT2D eigenvalue weighted by Gasteiger charge is -2.26. The monoisotopic (exact) mass is 389 g/mol. The second-order valence-corrected chi connectivity index (χ2v) is 7.81. The van der Waals surface area contributed by atoms with Crippen molar-refractivity contribution in [2.24, 2.45) is 0 Å². The third kappa shape index (κ3) is 5.05. The third-order valence-electron chi connectivity index (χ3n) is 3.88. The summed E-state index contributed by atoms with van der Waals surface area (Å²) in [4.78, 5) is 49.9. The molecule has 2 heterocycles. The van der Waals surface area contributed by atoms with Crippen LogP contribution in [0.2, 0.25) is 0 Å². The van der Waals surface area contributed by atoms with E-state index in [9.17, 15) is 14.4 Å². The number of rotatable bonds is 4. The highest BCUT2D eigenvalue weighted by molar-refractivity contribution is 5.97. The Hall–Kier alpha value is -2.97. The molecular weight excluding hydrogens is 362 g/mol. The molecule has 0 radical (unpaired) electrons. The van der Waals surface area contributed by atoms with Crippen LogP contribution in [0, 0.1) is 6.92 Å². The van der Waals surface area contributed by atoms with Crippen LogP contribution in [0.3, 0.4) is 0 Å². The fraction of sp³-hybridized carbons (Fsp3) is 0.526. The van der Waals surface area contributed by atoms with Crippen molar-refractivity contribution >= 4 is 23.5 Å². The van der Waals surface area contributed by atoms with Gasteiger partial charge in [0.1, 0.15) is 23.7 Å². The summed E-state index contributed by atoms with van der Waals surface area (Å²) in [5, 5.41) is 0. The second-order valence-electron chi connectivity index (χ2n) is 7.81. The van der Waals surface area contributed by atoms with Crippen LogP contribution in [0.4, 0.5) is 0 Å². The largest absolute Gasteiger partial charge is 0.459 e. The molecule has 2 amide bonds. The molecule has 1 aliphatic heterocycles. The summed E-state index contributed by atoms with van der Waals surface area (Å²) in [6, 6.07) is 0. The molecule has 0 atom stereocenters. The molecule has 0 spiro atoms. The molecule has 1 aromatic rings. The maximum Gasteiger partial charge on any atom is 0.326 e. The standard InChI is InChI=1S/C19H27N5O4/c1-12-20-8-14(17(21-12)18(27)22(6)7)15-9-23(13(2)25)11-24(15)10-16(26)28-19(3,4)5/h8-9H,10-11H2,1-7H3. The fourth-order valence-electron chi connectivity index (χ4n) is 2.66. The second kappa shape index (κ2) is 7.95. The highest BCUT2D eigenvalue weighted by Gasteiger charge is 2.31. The van der Waals surface area contributed by atoms with Crippen molar-refractivity contribution in [2.75, 3.05) is 27.3 Å². The molecule has 152 valence electrons. The zero-order valence-electron chi connectivity index (χ0n) is 17.4. The van der Waals surface area contributed by atoms with Crippen LogP contribution in [-0.4, -0.2) is 75.4 Å². The van der Waals surface area contributed by atoms with E-state index in [-0.39, 0.29) is 30.7 Å². The van der Waals surface area contributed by atoms with Gasteiger partial charge >= 0.3 is 5.97 Å². The molecule has 0 saturated carbocycles. The number of aromatic nitrogens is 2. The maximum atomic E-state index is 12.6. The number of nitrogens with zero attached hydrogens (tertiary/aromatic N) is 5. The lowest BCUT2D eigenvalue weighted by Crippen LogP contribution is -2.36. The highest BCUT2D eigenvalue weighted by atomic mass is 16.6. The average Bonchev–Trinajstić information content (AvgIpc) is 2.95. The molecule has 28 heavy (non-hydrogen) atoms. The first kappa shape index (κ1) is 21.3. The van der Waals surface area contributed by atoms with Gasteiger partial charge in [-0.25, -0.2) is 9.97 Å². The maximum absolute atomic E-state index is 12.6. The van der Waals surface area contributed by atoms with E-state index < -0.39 is 11.6 Å². The van der Waals surface area contributed by atoms with Gasteiger partial charge in [0.15, 0.2) is 0 Å². The normalized spacial score (nSPS) is 14.0. The van der Waals surface area contributed by atoms with Gasteiger partial charge in [0.05, 0.1) is 12.4 Å². The van der Waals surface area contributed by atoms with Gasteiger partial charge in [-0.3, -0.25) is 19.3 Å². The number of carbonyl (C=O) groups is 3. The summed E-state index contributed by atoms with van der Waals surface area (Å²) in [6.45, 7) is 8.59. The minimum atomic E-state index is -0.625. The first-order valence-corrected chi connectivity index (χ1v) is 8.90. The summed E-state index contributed by atoms with van der Waals surface area (Å²) in [7, 11) is 3.26. The van der Waals surface area contributed by atoms with Gasteiger partial charge in [-0.15, -0.1) is 0 Å². The molecule has 0 N–H and O–H groups in total. The van der Waals surface area contributed by atoms with Gasteiger partial charge < -0.3 is 14.5 Å². The topological polar surface area (TPSA) is 95.9 Å². The summed E-state index contributed by atoms with van der Waals surface area (Å²) >= 11 is 0. The van der Waals surface area contributed by atoms with E-state index in [1.165, 1.54) is 22.9 Å². The van der Waals surface area contributed by atoms with Gasteiger partial charge in [0.25, 0.3) is 5.91 Å². The van der Waals surface area contributed by atoms with Crippen LogP contribution in [0.15, 0.2) is 12.4 Å². The van der Waals surface area contributed by atoms with Crippen molar-refractivity contribution in [2.45, 2.75) is 40.2 Å². The third-order valence-corrected chi connectivity index (χ3v) is 3.88. The summed E-state index contributed by atoms with van der Waals surface area (Å²) < 4.78 is 5.40. The molecule has 1 aromatic heterocycles. The lowest BCUT2D eigenvalue weighted by atomic mass is 10.1. The van der Waals surface area contributed by atoms with Crippen LogP contribution >= 0.6 is 0 Å². The Balaban J connectivity index is 2.44.